The molecule has 7 heteroatoms. The van der Waals surface area contributed by atoms with Crippen LogP contribution in [0.25, 0.3) is 21.7 Å². The van der Waals surface area contributed by atoms with Crippen LogP contribution in [0.5, 0.6) is 0 Å². The van der Waals surface area contributed by atoms with E-state index in [1.807, 2.05) is 31.3 Å². The number of pyridine rings is 2. The number of hydrogen-bond acceptors (Lipinski definition) is 6. The van der Waals surface area contributed by atoms with E-state index in [2.05, 4.69) is 51.8 Å². The van der Waals surface area contributed by atoms with Gasteiger partial charge in [-0.25, -0.2) is 9.97 Å². The molecule has 0 spiro atoms. The fourth-order valence-corrected chi connectivity index (χ4v) is 5.24. The van der Waals surface area contributed by atoms with Crippen molar-refractivity contribution in [3.05, 3.63) is 77.7 Å². The minimum absolute atomic E-state index is 0.220. The molecule has 1 aliphatic rings. The maximum absolute atomic E-state index is 12.8. The number of nitrogens with one attached hydrogen (secondary N) is 2. The van der Waals surface area contributed by atoms with Crippen molar-refractivity contribution in [2.45, 2.75) is 45.6 Å². The summed E-state index contributed by atoms with van der Waals surface area (Å²) in [5, 5.41) is 7.10. The molecule has 34 heavy (non-hydrogen) atoms. The predicted molar refractivity (Wildman–Crippen MR) is 138 cm³/mol. The normalized spacial score (nSPS) is 13.7. The van der Waals surface area contributed by atoms with Crippen LogP contribution in [0.2, 0.25) is 0 Å². The lowest BCUT2D eigenvalue weighted by molar-refractivity contribution is 0.102. The van der Waals surface area contributed by atoms with E-state index in [9.17, 15) is 4.79 Å². The summed E-state index contributed by atoms with van der Waals surface area (Å²) < 4.78 is 0. The molecular weight excluding hydrogens is 442 g/mol. The molecule has 1 fully saturated rings. The third-order valence-corrected chi connectivity index (χ3v) is 7.06. The second-order valence-electron chi connectivity index (χ2n) is 8.76. The maximum Gasteiger partial charge on any atom is 0.259 e. The van der Waals surface area contributed by atoms with Crippen molar-refractivity contribution in [2.24, 2.45) is 0 Å². The van der Waals surface area contributed by atoms with Gasteiger partial charge < -0.3 is 5.32 Å². The first-order chi connectivity index (χ1) is 16.5. The highest BCUT2D eigenvalue weighted by Crippen LogP contribution is 2.40. The topological polar surface area (TPSA) is 79.8 Å². The Morgan fingerprint density at radius 1 is 1.00 bits per heavy atom. The van der Waals surface area contributed by atoms with Gasteiger partial charge in [0, 0.05) is 29.7 Å². The van der Waals surface area contributed by atoms with E-state index in [1.165, 1.54) is 37.0 Å². The Kier molecular flexibility index (Phi) is 6.36. The fourth-order valence-electron chi connectivity index (χ4n) is 4.26. The monoisotopic (exact) mass is 469 g/mol. The average Bonchev–Trinajstić information content (AvgIpc) is 3.50. The molecule has 0 bridgehead atoms. The Hall–Kier alpha value is -3.58. The summed E-state index contributed by atoms with van der Waals surface area (Å²) in [6, 6.07) is 16.4. The number of hydrogen-bond donors (Lipinski definition) is 2. The number of aromatic nitrogens is 3. The molecule has 3 heterocycles. The molecule has 0 saturated heterocycles. The highest BCUT2D eigenvalue weighted by Gasteiger charge is 2.19. The predicted octanol–water partition coefficient (Wildman–Crippen LogP) is 6.49. The second kappa shape index (κ2) is 9.73. The molecule has 0 unspecified atom stereocenters. The van der Waals surface area contributed by atoms with Crippen molar-refractivity contribution < 1.29 is 4.79 Å². The number of anilines is 2. The number of aryl methyl sites for hydroxylation is 2. The minimum Gasteiger partial charge on any atom is -0.367 e. The molecule has 1 amide bonds. The molecule has 0 radical (unpaired) electrons. The maximum atomic E-state index is 12.8. The molecule has 1 saturated carbocycles. The van der Waals surface area contributed by atoms with Crippen molar-refractivity contribution in [1.29, 1.82) is 0 Å². The molecule has 1 aliphatic carbocycles. The molecule has 2 N–H and O–H groups in total. The zero-order valence-electron chi connectivity index (χ0n) is 19.3. The lowest BCUT2D eigenvalue weighted by atomic mass is 10.1. The molecule has 6 nitrogen and oxygen atoms in total. The molecule has 172 valence electrons. The number of thiazole rings is 1. The van der Waals surface area contributed by atoms with E-state index < -0.39 is 0 Å². The van der Waals surface area contributed by atoms with Gasteiger partial charge in [-0.1, -0.05) is 47.9 Å². The molecule has 0 aliphatic heterocycles. The van der Waals surface area contributed by atoms with Crippen LogP contribution < -0.4 is 10.6 Å². The Morgan fingerprint density at radius 3 is 2.62 bits per heavy atom. The average molecular weight is 470 g/mol. The van der Waals surface area contributed by atoms with Crippen molar-refractivity contribution in [1.82, 2.24) is 15.0 Å². The SMILES string of the molecule is Cc1cccc(-c2nc(NC(=O)c3ccc(C)nc3)sc2-c2ccnc(NC3CCCC3)c2)c1. The molecule has 5 rings (SSSR count). The number of rotatable bonds is 6. The Morgan fingerprint density at radius 2 is 1.85 bits per heavy atom. The van der Waals surface area contributed by atoms with Crippen molar-refractivity contribution in [2.75, 3.05) is 10.6 Å². The van der Waals surface area contributed by atoms with E-state index in [0.717, 1.165) is 38.8 Å². The molecular formula is C27H27N5OS. The van der Waals surface area contributed by atoms with Crippen LogP contribution in [0.4, 0.5) is 10.9 Å². The smallest absolute Gasteiger partial charge is 0.259 e. The van der Waals surface area contributed by atoms with Gasteiger partial charge in [-0.15, -0.1) is 0 Å². The summed E-state index contributed by atoms with van der Waals surface area (Å²) in [6.07, 6.45) is 8.33. The number of amides is 1. The number of benzene rings is 1. The van der Waals surface area contributed by atoms with Crippen LogP contribution in [0.1, 0.15) is 47.3 Å². The largest absolute Gasteiger partial charge is 0.367 e. The van der Waals surface area contributed by atoms with Gasteiger partial charge in [-0.2, -0.15) is 0 Å². The zero-order valence-corrected chi connectivity index (χ0v) is 20.2. The summed E-state index contributed by atoms with van der Waals surface area (Å²) in [5.41, 5.74) is 5.43. The van der Waals surface area contributed by atoms with Gasteiger partial charge in [0.15, 0.2) is 5.13 Å². The van der Waals surface area contributed by atoms with Gasteiger partial charge in [0.1, 0.15) is 5.82 Å². The van der Waals surface area contributed by atoms with Crippen LogP contribution in [0.15, 0.2) is 60.9 Å². The minimum atomic E-state index is -0.220. The third-order valence-electron chi connectivity index (χ3n) is 6.04. The van der Waals surface area contributed by atoms with Crippen LogP contribution in [0, 0.1) is 13.8 Å². The molecule has 4 aromatic rings. The zero-order chi connectivity index (χ0) is 23.5. The summed E-state index contributed by atoms with van der Waals surface area (Å²) in [4.78, 5) is 27.4. The first kappa shape index (κ1) is 22.2. The van der Waals surface area contributed by atoms with E-state index >= 15 is 0 Å². The van der Waals surface area contributed by atoms with E-state index in [4.69, 9.17) is 4.98 Å². The quantitative estimate of drug-likeness (QED) is 0.337. The number of carbonyl (C=O) groups is 1. The third kappa shape index (κ3) is 4.99. The lowest BCUT2D eigenvalue weighted by Gasteiger charge is -2.13. The van der Waals surface area contributed by atoms with Crippen LogP contribution in [0.3, 0.4) is 0 Å². The standard InChI is InChI=1S/C27H27N5OS/c1-17-6-5-7-19(14-17)24-25(20-12-13-28-23(15-20)30-22-8-3-4-9-22)34-27(31-24)32-26(33)21-11-10-18(2)29-16-21/h5-7,10-16,22H,3-4,8-9H2,1-2H3,(H,28,30)(H,31,32,33). The highest BCUT2D eigenvalue weighted by molar-refractivity contribution is 7.19. The van der Waals surface area contributed by atoms with Gasteiger partial charge in [0.05, 0.1) is 16.1 Å². The first-order valence-electron chi connectivity index (χ1n) is 11.6. The Balaban J connectivity index is 1.49. The van der Waals surface area contributed by atoms with Gasteiger partial charge in [-0.05, 0) is 62.6 Å². The van der Waals surface area contributed by atoms with Gasteiger partial charge in [0.2, 0.25) is 0 Å². The number of nitrogens with zero attached hydrogens (tertiary/aromatic N) is 3. The molecule has 1 aromatic carbocycles. The fraction of sp³-hybridized carbons (Fsp3) is 0.259. The summed E-state index contributed by atoms with van der Waals surface area (Å²) in [6.45, 7) is 3.96. The second-order valence-corrected chi connectivity index (χ2v) is 9.76. The van der Waals surface area contributed by atoms with Crippen LogP contribution in [-0.4, -0.2) is 26.9 Å². The number of carbonyl (C=O) groups excluding carboxylic acids is 1. The summed E-state index contributed by atoms with van der Waals surface area (Å²) in [7, 11) is 0. The van der Waals surface area contributed by atoms with Gasteiger partial charge >= 0.3 is 0 Å². The van der Waals surface area contributed by atoms with Crippen molar-refractivity contribution in [3.8, 4) is 21.7 Å². The Labute approximate surface area is 203 Å². The summed E-state index contributed by atoms with van der Waals surface area (Å²) >= 11 is 1.47. The van der Waals surface area contributed by atoms with Gasteiger partial charge in [-0.3, -0.25) is 15.1 Å². The van der Waals surface area contributed by atoms with E-state index in [0.29, 0.717) is 16.7 Å². The van der Waals surface area contributed by atoms with Gasteiger partial charge in [0.25, 0.3) is 5.91 Å². The van der Waals surface area contributed by atoms with E-state index in [1.54, 1.807) is 12.3 Å². The Bertz CT molecular complexity index is 1310. The lowest BCUT2D eigenvalue weighted by Crippen LogP contribution is -2.15. The van der Waals surface area contributed by atoms with E-state index in [-0.39, 0.29) is 5.91 Å². The van der Waals surface area contributed by atoms with Crippen molar-refractivity contribution in [3.63, 3.8) is 0 Å². The summed E-state index contributed by atoms with van der Waals surface area (Å²) in [5.74, 6) is 0.659. The van der Waals surface area contributed by atoms with Crippen molar-refractivity contribution >= 4 is 28.2 Å². The highest BCUT2D eigenvalue weighted by atomic mass is 32.1. The first-order valence-corrected chi connectivity index (χ1v) is 12.4. The molecule has 0 atom stereocenters. The van der Waals surface area contributed by atoms with Crippen LogP contribution >= 0.6 is 11.3 Å². The molecule has 3 aromatic heterocycles. The van der Waals surface area contributed by atoms with Crippen LogP contribution in [-0.2, 0) is 0 Å².